The Morgan fingerprint density at radius 3 is 2.52 bits per heavy atom. The number of anilines is 4. The SMILES string of the molecule is C=CCNc1cc(C)nc(Nc2ccc(N(C)C)cc2)n1. The third-order valence-corrected chi connectivity index (χ3v) is 2.92. The van der Waals surface area contributed by atoms with Crippen LogP contribution in [-0.2, 0) is 0 Å². The summed E-state index contributed by atoms with van der Waals surface area (Å²) in [4.78, 5) is 10.9. The van der Waals surface area contributed by atoms with Crippen molar-refractivity contribution in [1.82, 2.24) is 9.97 Å². The first-order valence-corrected chi connectivity index (χ1v) is 6.83. The molecule has 0 atom stereocenters. The summed E-state index contributed by atoms with van der Waals surface area (Å²) in [6.07, 6.45) is 1.80. The van der Waals surface area contributed by atoms with Crippen LogP contribution < -0.4 is 15.5 Å². The molecule has 0 bridgehead atoms. The van der Waals surface area contributed by atoms with Crippen LogP contribution in [-0.4, -0.2) is 30.6 Å². The Morgan fingerprint density at radius 2 is 1.90 bits per heavy atom. The lowest BCUT2D eigenvalue weighted by Crippen LogP contribution is -2.08. The van der Waals surface area contributed by atoms with Gasteiger partial charge in [0.2, 0.25) is 5.95 Å². The summed E-state index contributed by atoms with van der Waals surface area (Å²) in [6, 6.07) is 10.0. The summed E-state index contributed by atoms with van der Waals surface area (Å²) in [5.41, 5.74) is 3.02. The van der Waals surface area contributed by atoms with E-state index in [1.54, 1.807) is 6.08 Å². The quantitative estimate of drug-likeness (QED) is 0.797. The van der Waals surface area contributed by atoms with Gasteiger partial charge in [0, 0.05) is 43.8 Å². The fraction of sp³-hybridized carbons (Fsp3) is 0.250. The Bertz CT molecular complexity index is 605. The minimum atomic E-state index is 0.583. The molecule has 1 heterocycles. The maximum atomic E-state index is 4.43. The van der Waals surface area contributed by atoms with E-state index in [2.05, 4.69) is 44.2 Å². The second kappa shape index (κ2) is 6.74. The van der Waals surface area contributed by atoms with Gasteiger partial charge in [0.15, 0.2) is 0 Å². The zero-order valence-electron chi connectivity index (χ0n) is 12.7. The predicted molar refractivity (Wildman–Crippen MR) is 89.5 cm³/mol. The van der Waals surface area contributed by atoms with Gasteiger partial charge in [-0.3, -0.25) is 0 Å². The number of nitrogens with one attached hydrogen (secondary N) is 2. The Labute approximate surface area is 125 Å². The molecule has 2 rings (SSSR count). The molecule has 0 radical (unpaired) electrons. The Morgan fingerprint density at radius 1 is 1.19 bits per heavy atom. The highest BCUT2D eigenvalue weighted by atomic mass is 15.1. The van der Waals surface area contributed by atoms with Gasteiger partial charge in [-0.1, -0.05) is 6.08 Å². The van der Waals surface area contributed by atoms with Gasteiger partial charge in [0.1, 0.15) is 5.82 Å². The van der Waals surface area contributed by atoms with Gasteiger partial charge in [-0.2, -0.15) is 4.98 Å². The highest BCUT2D eigenvalue weighted by molar-refractivity contribution is 5.59. The third kappa shape index (κ3) is 4.21. The monoisotopic (exact) mass is 283 g/mol. The average molecular weight is 283 g/mol. The van der Waals surface area contributed by atoms with Gasteiger partial charge in [0.25, 0.3) is 0 Å². The van der Waals surface area contributed by atoms with Crippen LogP contribution in [0.1, 0.15) is 5.69 Å². The molecule has 0 unspecified atom stereocenters. The average Bonchev–Trinajstić information content (AvgIpc) is 2.45. The Balaban J connectivity index is 2.14. The normalized spacial score (nSPS) is 10.0. The summed E-state index contributed by atoms with van der Waals surface area (Å²) in [6.45, 7) is 6.30. The molecule has 0 aliphatic carbocycles. The smallest absolute Gasteiger partial charge is 0.229 e. The molecule has 5 heteroatoms. The molecule has 0 amide bonds. The molecule has 21 heavy (non-hydrogen) atoms. The molecular weight excluding hydrogens is 262 g/mol. The van der Waals surface area contributed by atoms with Gasteiger partial charge < -0.3 is 15.5 Å². The lowest BCUT2D eigenvalue weighted by molar-refractivity contribution is 1.09. The first-order valence-electron chi connectivity index (χ1n) is 6.83. The summed E-state index contributed by atoms with van der Waals surface area (Å²) in [5.74, 6) is 1.37. The van der Waals surface area contributed by atoms with Crippen LogP contribution in [0.25, 0.3) is 0 Å². The van der Waals surface area contributed by atoms with Crippen LogP contribution in [0.3, 0.4) is 0 Å². The molecule has 0 aliphatic heterocycles. The molecule has 0 saturated carbocycles. The van der Waals surface area contributed by atoms with Crippen LogP contribution in [0.2, 0.25) is 0 Å². The van der Waals surface area contributed by atoms with Gasteiger partial charge in [-0.15, -0.1) is 6.58 Å². The number of benzene rings is 1. The van der Waals surface area contributed by atoms with E-state index < -0.39 is 0 Å². The molecule has 2 N–H and O–H groups in total. The summed E-state index contributed by atoms with van der Waals surface area (Å²) >= 11 is 0. The lowest BCUT2D eigenvalue weighted by atomic mass is 10.2. The molecule has 0 fully saturated rings. The number of aromatic nitrogens is 2. The minimum absolute atomic E-state index is 0.583. The fourth-order valence-electron chi connectivity index (χ4n) is 1.86. The number of hydrogen-bond donors (Lipinski definition) is 2. The van der Waals surface area contributed by atoms with E-state index in [-0.39, 0.29) is 0 Å². The second-order valence-electron chi connectivity index (χ2n) is 4.95. The van der Waals surface area contributed by atoms with Crippen LogP contribution in [0, 0.1) is 6.92 Å². The van der Waals surface area contributed by atoms with Crippen LogP contribution >= 0.6 is 0 Å². The highest BCUT2D eigenvalue weighted by Crippen LogP contribution is 2.19. The Hall–Kier alpha value is -2.56. The molecule has 5 nitrogen and oxygen atoms in total. The predicted octanol–water partition coefficient (Wildman–Crippen LogP) is 3.19. The van der Waals surface area contributed by atoms with E-state index in [0.717, 1.165) is 22.9 Å². The third-order valence-electron chi connectivity index (χ3n) is 2.92. The molecule has 0 spiro atoms. The molecule has 110 valence electrons. The van der Waals surface area contributed by atoms with E-state index >= 15 is 0 Å². The molecular formula is C16H21N5. The maximum Gasteiger partial charge on any atom is 0.229 e. The standard InChI is InChI=1S/C16H21N5/c1-5-10-17-15-11-12(2)18-16(20-15)19-13-6-8-14(9-7-13)21(3)4/h5-9,11H,1,10H2,2-4H3,(H2,17,18,19,20). The fourth-order valence-corrected chi connectivity index (χ4v) is 1.86. The summed E-state index contributed by atoms with van der Waals surface area (Å²) < 4.78 is 0. The maximum absolute atomic E-state index is 4.43. The zero-order chi connectivity index (χ0) is 15.2. The second-order valence-corrected chi connectivity index (χ2v) is 4.95. The van der Waals surface area contributed by atoms with Crippen molar-refractivity contribution in [3.05, 3.63) is 48.7 Å². The van der Waals surface area contributed by atoms with Crippen molar-refractivity contribution in [2.75, 3.05) is 36.2 Å². The van der Waals surface area contributed by atoms with Crippen molar-refractivity contribution in [1.29, 1.82) is 0 Å². The number of hydrogen-bond acceptors (Lipinski definition) is 5. The summed E-state index contributed by atoms with van der Waals surface area (Å²) in [7, 11) is 4.04. The largest absolute Gasteiger partial charge is 0.378 e. The van der Waals surface area contributed by atoms with Gasteiger partial charge in [0.05, 0.1) is 0 Å². The van der Waals surface area contributed by atoms with E-state index in [0.29, 0.717) is 12.5 Å². The molecule has 1 aromatic carbocycles. The van der Waals surface area contributed by atoms with Crippen molar-refractivity contribution in [3.8, 4) is 0 Å². The first-order chi connectivity index (χ1) is 10.1. The molecule has 2 aromatic rings. The first kappa shape index (κ1) is 14.8. The number of rotatable bonds is 6. The van der Waals surface area contributed by atoms with E-state index in [1.165, 1.54) is 0 Å². The van der Waals surface area contributed by atoms with Crippen LogP contribution in [0.5, 0.6) is 0 Å². The van der Waals surface area contributed by atoms with E-state index in [4.69, 9.17) is 0 Å². The minimum Gasteiger partial charge on any atom is -0.378 e. The van der Waals surface area contributed by atoms with E-state index in [1.807, 2.05) is 39.2 Å². The highest BCUT2D eigenvalue weighted by Gasteiger charge is 2.03. The Kier molecular flexibility index (Phi) is 4.77. The van der Waals surface area contributed by atoms with Crippen molar-refractivity contribution in [3.63, 3.8) is 0 Å². The lowest BCUT2D eigenvalue weighted by Gasteiger charge is -2.13. The molecule has 0 aliphatic rings. The number of aryl methyl sites for hydroxylation is 1. The van der Waals surface area contributed by atoms with E-state index in [9.17, 15) is 0 Å². The van der Waals surface area contributed by atoms with Gasteiger partial charge >= 0.3 is 0 Å². The summed E-state index contributed by atoms with van der Waals surface area (Å²) in [5, 5.41) is 6.39. The van der Waals surface area contributed by atoms with Crippen molar-refractivity contribution in [2.24, 2.45) is 0 Å². The zero-order valence-corrected chi connectivity index (χ0v) is 12.7. The topological polar surface area (TPSA) is 53.1 Å². The van der Waals surface area contributed by atoms with Crippen molar-refractivity contribution in [2.45, 2.75) is 6.92 Å². The van der Waals surface area contributed by atoms with Crippen LogP contribution in [0.15, 0.2) is 43.0 Å². The van der Waals surface area contributed by atoms with Crippen LogP contribution in [0.4, 0.5) is 23.1 Å². The molecule has 1 aromatic heterocycles. The number of nitrogens with zero attached hydrogens (tertiary/aromatic N) is 3. The van der Waals surface area contributed by atoms with Crippen molar-refractivity contribution >= 4 is 23.1 Å². The van der Waals surface area contributed by atoms with Crippen molar-refractivity contribution < 1.29 is 0 Å². The van der Waals surface area contributed by atoms with Gasteiger partial charge in [-0.05, 0) is 31.2 Å². The molecule has 0 saturated heterocycles. The van der Waals surface area contributed by atoms with Gasteiger partial charge in [-0.25, -0.2) is 4.98 Å².